The average Bonchev–Trinajstić information content (AvgIpc) is 2.77. The molecule has 9 nitrogen and oxygen atoms in total. The van der Waals surface area contributed by atoms with E-state index in [0.717, 1.165) is 6.41 Å². The van der Waals surface area contributed by atoms with Crippen molar-refractivity contribution in [3.63, 3.8) is 0 Å². The summed E-state index contributed by atoms with van der Waals surface area (Å²) in [7, 11) is 3.65. The Morgan fingerprint density at radius 1 is 1.36 bits per heavy atom. The first-order chi connectivity index (χ1) is 15.6. The number of rotatable bonds is 7. The van der Waals surface area contributed by atoms with Gasteiger partial charge in [0.05, 0.1) is 28.9 Å². The molecule has 0 bridgehead atoms. The SMILES string of the molecule is Cc1cc(C(N)=O)c(F)cc1Nc1ncc(N(C)C)c(N(C=O)C2CCC(C)(C#N)CC2)n1. The van der Waals surface area contributed by atoms with Gasteiger partial charge in [0.15, 0.2) is 5.82 Å². The van der Waals surface area contributed by atoms with Crippen LogP contribution in [0.25, 0.3) is 0 Å². The molecule has 1 aromatic heterocycles. The molecule has 0 radical (unpaired) electrons. The van der Waals surface area contributed by atoms with Crippen molar-refractivity contribution in [2.45, 2.75) is 45.6 Å². The molecule has 2 amide bonds. The second kappa shape index (κ2) is 9.40. The van der Waals surface area contributed by atoms with E-state index >= 15 is 0 Å². The van der Waals surface area contributed by atoms with Gasteiger partial charge in [-0.15, -0.1) is 0 Å². The Bertz CT molecular complexity index is 1100. The number of amides is 2. The van der Waals surface area contributed by atoms with Crippen molar-refractivity contribution in [1.82, 2.24) is 9.97 Å². The number of nitrogens with zero attached hydrogens (tertiary/aromatic N) is 5. The van der Waals surface area contributed by atoms with Gasteiger partial charge in [-0.05, 0) is 57.2 Å². The zero-order chi connectivity index (χ0) is 24.3. The molecule has 1 aromatic carbocycles. The van der Waals surface area contributed by atoms with E-state index < -0.39 is 11.7 Å². The fourth-order valence-electron chi connectivity index (χ4n) is 4.00. The van der Waals surface area contributed by atoms with Crippen LogP contribution in [0, 0.1) is 29.5 Å². The van der Waals surface area contributed by atoms with Crippen LogP contribution in [0.3, 0.4) is 0 Å². The van der Waals surface area contributed by atoms with Gasteiger partial charge < -0.3 is 16.0 Å². The van der Waals surface area contributed by atoms with Gasteiger partial charge in [0.25, 0.3) is 5.91 Å². The number of aryl methyl sites for hydroxylation is 1. The predicted octanol–water partition coefficient (Wildman–Crippen LogP) is 3.27. The summed E-state index contributed by atoms with van der Waals surface area (Å²) in [6, 6.07) is 4.80. The standard InChI is InChI=1S/C23H28FN7O2/c1-14-9-16(20(26)33)17(24)10-18(14)28-22-27-11-19(30(3)4)21(29-22)31(13-32)15-5-7-23(2,12-25)8-6-15/h9-11,13,15H,5-8H2,1-4H3,(H2,26,33)(H,27,28,29). The lowest BCUT2D eigenvalue weighted by Gasteiger charge is -2.37. The van der Waals surface area contributed by atoms with E-state index in [1.165, 1.54) is 12.1 Å². The first kappa shape index (κ1) is 23.9. The van der Waals surface area contributed by atoms with Crippen LogP contribution in [0.1, 0.15) is 48.5 Å². The van der Waals surface area contributed by atoms with E-state index in [0.29, 0.717) is 48.4 Å². The van der Waals surface area contributed by atoms with Gasteiger partial charge in [-0.1, -0.05) is 0 Å². The van der Waals surface area contributed by atoms with Crippen LogP contribution >= 0.6 is 0 Å². The number of benzene rings is 1. The number of nitrogens with one attached hydrogen (secondary N) is 1. The van der Waals surface area contributed by atoms with Crippen LogP contribution in [-0.2, 0) is 4.79 Å². The van der Waals surface area contributed by atoms with E-state index in [1.807, 2.05) is 25.9 Å². The van der Waals surface area contributed by atoms with Crippen LogP contribution < -0.4 is 20.9 Å². The number of nitrogens with two attached hydrogens (primary N) is 1. The van der Waals surface area contributed by atoms with Crippen LogP contribution in [-0.4, -0.2) is 42.4 Å². The van der Waals surface area contributed by atoms with Crippen LogP contribution in [0.4, 0.5) is 27.5 Å². The summed E-state index contributed by atoms with van der Waals surface area (Å²) in [6.45, 7) is 3.65. The molecule has 1 aliphatic rings. The first-order valence-electron chi connectivity index (χ1n) is 10.6. The van der Waals surface area contributed by atoms with Crippen molar-refractivity contribution in [2.75, 3.05) is 29.2 Å². The third-order valence-corrected chi connectivity index (χ3v) is 6.14. The number of nitriles is 1. The lowest BCUT2D eigenvalue weighted by Crippen LogP contribution is -2.40. The summed E-state index contributed by atoms with van der Waals surface area (Å²) in [5, 5.41) is 12.4. The Morgan fingerprint density at radius 3 is 2.58 bits per heavy atom. The highest BCUT2D eigenvalue weighted by molar-refractivity contribution is 5.94. The minimum Gasteiger partial charge on any atom is -0.373 e. The number of aromatic nitrogens is 2. The van der Waals surface area contributed by atoms with Crippen LogP contribution in [0.15, 0.2) is 18.3 Å². The Hall–Kier alpha value is -3.74. The number of carbonyl (C=O) groups is 2. The lowest BCUT2D eigenvalue weighted by molar-refractivity contribution is -0.108. The molecule has 2 aromatic rings. The molecule has 1 aliphatic carbocycles. The maximum atomic E-state index is 14.3. The monoisotopic (exact) mass is 453 g/mol. The largest absolute Gasteiger partial charge is 0.373 e. The Kier molecular flexibility index (Phi) is 6.81. The maximum absolute atomic E-state index is 14.3. The summed E-state index contributed by atoms with van der Waals surface area (Å²) in [5.74, 6) is -1.00. The second-order valence-electron chi connectivity index (χ2n) is 8.85. The highest BCUT2D eigenvalue weighted by Crippen LogP contribution is 2.39. The molecular formula is C23H28FN7O2. The molecule has 1 fully saturated rings. The van der Waals surface area contributed by atoms with E-state index in [1.54, 1.807) is 18.0 Å². The average molecular weight is 454 g/mol. The summed E-state index contributed by atoms with van der Waals surface area (Å²) < 4.78 is 14.3. The second-order valence-corrected chi connectivity index (χ2v) is 8.85. The predicted molar refractivity (Wildman–Crippen MR) is 124 cm³/mol. The highest BCUT2D eigenvalue weighted by Gasteiger charge is 2.35. The molecular weight excluding hydrogens is 425 g/mol. The van der Waals surface area contributed by atoms with Gasteiger partial charge in [-0.3, -0.25) is 14.5 Å². The lowest BCUT2D eigenvalue weighted by atomic mass is 9.75. The third-order valence-electron chi connectivity index (χ3n) is 6.14. The number of carbonyl (C=O) groups excluding carboxylic acids is 2. The molecule has 10 heteroatoms. The Balaban J connectivity index is 1.95. The van der Waals surface area contributed by atoms with E-state index in [2.05, 4.69) is 21.4 Å². The molecule has 174 valence electrons. The van der Waals surface area contributed by atoms with Gasteiger partial charge >= 0.3 is 0 Å². The first-order valence-corrected chi connectivity index (χ1v) is 10.6. The highest BCUT2D eigenvalue weighted by atomic mass is 19.1. The van der Waals surface area contributed by atoms with Gasteiger partial charge in [-0.25, -0.2) is 9.37 Å². The zero-order valence-corrected chi connectivity index (χ0v) is 19.2. The van der Waals surface area contributed by atoms with Crippen molar-refractivity contribution in [3.8, 4) is 6.07 Å². The van der Waals surface area contributed by atoms with Crippen LogP contribution in [0.2, 0.25) is 0 Å². The third kappa shape index (κ3) is 5.03. The number of hydrogen-bond donors (Lipinski definition) is 2. The molecule has 3 rings (SSSR count). The van der Waals surface area contributed by atoms with Crippen molar-refractivity contribution >= 4 is 35.5 Å². The quantitative estimate of drug-likeness (QED) is 0.616. The molecule has 1 saturated carbocycles. The Labute approximate surface area is 192 Å². The van der Waals surface area contributed by atoms with Gasteiger partial charge in [0.2, 0.25) is 12.4 Å². The number of hydrogen-bond acceptors (Lipinski definition) is 7. The summed E-state index contributed by atoms with van der Waals surface area (Å²) in [5.41, 5.74) is 6.24. The number of primary amides is 1. The smallest absolute Gasteiger partial charge is 0.251 e. The van der Waals surface area contributed by atoms with E-state index in [9.17, 15) is 19.2 Å². The zero-order valence-electron chi connectivity index (χ0n) is 19.2. The van der Waals surface area contributed by atoms with Crippen molar-refractivity contribution in [3.05, 3.63) is 35.3 Å². The summed E-state index contributed by atoms with van der Waals surface area (Å²) >= 11 is 0. The molecule has 0 spiro atoms. The molecule has 0 saturated heterocycles. The van der Waals surface area contributed by atoms with Crippen molar-refractivity contribution in [2.24, 2.45) is 11.1 Å². The molecule has 3 N–H and O–H groups in total. The van der Waals surface area contributed by atoms with Crippen molar-refractivity contribution < 1.29 is 14.0 Å². The van der Waals surface area contributed by atoms with Crippen molar-refractivity contribution in [1.29, 1.82) is 5.26 Å². The summed E-state index contributed by atoms with van der Waals surface area (Å²) in [4.78, 5) is 35.8. The molecule has 33 heavy (non-hydrogen) atoms. The minimum atomic E-state index is -0.849. The number of anilines is 4. The van der Waals surface area contributed by atoms with Gasteiger partial charge in [-0.2, -0.15) is 10.2 Å². The topological polar surface area (TPSA) is 128 Å². The fraction of sp³-hybridized carbons (Fsp3) is 0.435. The maximum Gasteiger partial charge on any atom is 0.251 e. The van der Waals surface area contributed by atoms with E-state index in [4.69, 9.17) is 5.73 Å². The molecule has 1 heterocycles. The Morgan fingerprint density at radius 2 is 2.03 bits per heavy atom. The normalized spacial score (nSPS) is 19.9. The van der Waals surface area contributed by atoms with E-state index in [-0.39, 0.29) is 23.0 Å². The molecule has 0 aliphatic heterocycles. The molecule has 0 unspecified atom stereocenters. The minimum absolute atomic E-state index is 0.0978. The fourth-order valence-corrected chi connectivity index (χ4v) is 4.00. The summed E-state index contributed by atoms with van der Waals surface area (Å²) in [6.07, 6.45) is 5.09. The van der Waals surface area contributed by atoms with Gasteiger partial charge in [0.1, 0.15) is 5.82 Å². The number of halogens is 1. The molecule has 0 atom stereocenters. The van der Waals surface area contributed by atoms with Crippen LogP contribution in [0.5, 0.6) is 0 Å². The van der Waals surface area contributed by atoms with Gasteiger partial charge in [0, 0.05) is 25.8 Å².